The fourth-order valence-corrected chi connectivity index (χ4v) is 2.94. The number of likely N-dealkylation sites (N-methyl/N-ethyl adjacent to an activating group) is 1. The summed E-state index contributed by atoms with van der Waals surface area (Å²) < 4.78 is 0. The molecule has 82 valence electrons. The van der Waals surface area contributed by atoms with E-state index in [2.05, 4.69) is 17.3 Å². The highest BCUT2D eigenvalue weighted by Gasteiger charge is 2.26. The van der Waals surface area contributed by atoms with E-state index in [0.717, 1.165) is 18.6 Å². The van der Waals surface area contributed by atoms with Crippen LogP contribution in [0.5, 0.6) is 0 Å². The third-order valence-electron chi connectivity index (χ3n) is 3.85. The van der Waals surface area contributed by atoms with Crippen molar-refractivity contribution >= 4 is 0 Å². The van der Waals surface area contributed by atoms with Crippen molar-refractivity contribution < 1.29 is 0 Å². The van der Waals surface area contributed by atoms with E-state index in [4.69, 9.17) is 0 Å². The first-order valence-electron chi connectivity index (χ1n) is 6.28. The van der Waals surface area contributed by atoms with Crippen LogP contribution in [0, 0.1) is 5.92 Å². The summed E-state index contributed by atoms with van der Waals surface area (Å²) >= 11 is 0. The van der Waals surface area contributed by atoms with Gasteiger partial charge in [0.2, 0.25) is 0 Å². The van der Waals surface area contributed by atoms with E-state index in [1.807, 2.05) is 0 Å². The second kappa shape index (κ2) is 5.13. The molecule has 0 amide bonds. The van der Waals surface area contributed by atoms with Gasteiger partial charge in [-0.05, 0) is 25.8 Å². The number of rotatable bonds is 1. The van der Waals surface area contributed by atoms with E-state index in [1.165, 1.54) is 51.5 Å². The van der Waals surface area contributed by atoms with Crippen molar-refractivity contribution in [1.29, 1.82) is 0 Å². The predicted molar refractivity (Wildman–Crippen MR) is 60.2 cm³/mol. The Labute approximate surface area is 88.1 Å². The zero-order chi connectivity index (χ0) is 9.80. The van der Waals surface area contributed by atoms with Crippen molar-refractivity contribution in [3.8, 4) is 0 Å². The molecule has 1 aliphatic heterocycles. The molecule has 1 aliphatic carbocycles. The molecule has 2 heteroatoms. The molecule has 1 saturated heterocycles. The Hall–Kier alpha value is -0.0800. The van der Waals surface area contributed by atoms with Crippen molar-refractivity contribution in [3.05, 3.63) is 0 Å². The van der Waals surface area contributed by atoms with Crippen LogP contribution in [0.2, 0.25) is 0 Å². The normalized spacial score (nSPS) is 32.8. The van der Waals surface area contributed by atoms with Crippen LogP contribution in [0.4, 0.5) is 0 Å². The zero-order valence-corrected chi connectivity index (χ0v) is 9.47. The molecule has 2 nitrogen and oxygen atoms in total. The van der Waals surface area contributed by atoms with Gasteiger partial charge in [-0.25, -0.2) is 0 Å². The third kappa shape index (κ3) is 2.71. The van der Waals surface area contributed by atoms with Crippen molar-refractivity contribution in [2.75, 3.05) is 20.3 Å². The van der Waals surface area contributed by atoms with Crippen LogP contribution < -0.4 is 5.32 Å². The number of nitrogens with one attached hydrogen (secondary N) is 1. The van der Waals surface area contributed by atoms with Gasteiger partial charge in [0.1, 0.15) is 0 Å². The Kier molecular flexibility index (Phi) is 3.82. The lowest BCUT2D eigenvalue weighted by atomic mass is 9.86. The molecule has 0 aromatic rings. The molecule has 0 bridgehead atoms. The second-order valence-electron chi connectivity index (χ2n) is 5.11. The van der Waals surface area contributed by atoms with Crippen LogP contribution in [-0.2, 0) is 0 Å². The first kappa shape index (κ1) is 10.4. The summed E-state index contributed by atoms with van der Waals surface area (Å²) in [5.41, 5.74) is 0. The van der Waals surface area contributed by atoms with Crippen LogP contribution >= 0.6 is 0 Å². The molecule has 2 fully saturated rings. The van der Waals surface area contributed by atoms with Gasteiger partial charge in [0.05, 0.1) is 0 Å². The maximum atomic E-state index is 3.65. The SMILES string of the molecule is CN1CNC(C2CCCCCCC2)C1. The van der Waals surface area contributed by atoms with E-state index < -0.39 is 0 Å². The van der Waals surface area contributed by atoms with Crippen molar-refractivity contribution in [2.24, 2.45) is 5.92 Å². The summed E-state index contributed by atoms with van der Waals surface area (Å²) in [7, 11) is 2.22. The molecule has 2 rings (SSSR count). The molecule has 14 heavy (non-hydrogen) atoms. The Morgan fingerprint density at radius 3 is 2.21 bits per heavy atom. The molecule has 1 unspecified atom stereocenters. The first-order chi connectivity index (χ1) is 6.86. The first-order valence-corrected chi connectivity index (χ1v) is 6.28. The average molecular weight is 196 g/mol. The van der Waals surface area contributed by atoms with E-state index in [0.29, 0.717) is 0 Å². The lowest BCUT2D eigenvalue weighted by Gasteiger charge is -2.25. The van der Waals surface area contributed by atoms with E-state index in [-0.39, 0.29) is 0 Å². The summed E-state index contributed by atoms with van der Waals surface area (Å²) in [5.74, 6) is 0.959. The summed E-state index contributed by atoms with van der Waals surface area (Å²) in [4.78, 5) is 2.41. The van der Waals surface area contributed by atoms with Gasteiger partial charge in [-0.15, -0.1) is 0 Å². The molecule has 1 saturated carbocycles. The van der Waals surface area contributed by atoms with Crippen molar-refractivity contribution in [2.45, 2.75) is 51.0 Å². The topological polar surface area (TPSA) is 15.3 Å². The maximum Gasteiger partial charge on any atom is 0.0480 e. The molecular weight excluding hydrogens is 172 g/mol. The van der Waals surface area contributed by atoms with Gasteiger partial charge in [-0.1, -0.05) is 32.1 Å². The largest absolute Gasteiger partial charge is 0.300 e. The number of nitrogens with zero attached hydrogens (tertiary/aromatic N) is 1. The van der Waals surface area contributed by atoms with Gasteiger partial charge in [0.25, 0.3) is 0 Å². The molecule has 2 aliphatic rings. The molecule has 0 radical (unpaired) electrons. The zero-order valence-electron chi connectivity index (χ0n) is 9.47. The monoisotopic (exact) mass is 196 g/mol. The summed E-state index contributed by atoms with van der Waals surface area (Å²) in [5, 5.41) is 3.65. The Morgan fingerprint density at radius 1 is 1.00 bits per heavy atom. The Morgan fingerprint density at radius 2 is 1.64 bits per heavy atom. The summed E-state index contributed by atoms with van der Waals surface area (Å²) in [6, 6.07) is 0.790. The van der Waals surface area contributed by atoms with Crippen LogP contribution in [0.25, 0.3) is 0 Å². The third-order valence-corrected chi connectivity index (χ3v) is 3.85. The van der Waals surface area contributed by atoms with Crippen LogP contribution in [0.1, 0.15) is 44.9 Å². The summed E-state index contributed by atoms with van der Waals surface area (Å²) in [6.07, 6.45) is 10.3. The molecule has 0 aromatic heterocycles. The second-order valence-corrected chi connectivity index (χ2v) is 5.11. The molecular formula is C12H24N2. The quantitative estimate of drug-likeness (QED) is 0.691. The minimum atomic E-state index is 0.790. The van der Waals surface area contributed by atoms with E-state index in [1.54, 1.807) is 0 Å². The predicted octanol–water partition coefficient (Wildman–Crippen LogP) is 2.21. The lowest BCUT2D eigenvalue weighted by Crippen LogP contribution is -2.33. The molecule has 1 heterocycles. The maximum absolute atomic E-state index is 3.65. The standard InChI is InChI=1S/C12H24N2/c1-14-9-12(13-10-14)11-7-5-3-2-4-6-8-11/h11-13H,2-10H2,1H3. The average Bonchev–Trinajstić information content (AvgIpc) is 2.51. The highest BCUT2D eigenvalue weighted by molar-refractivity contribution is 4.84. The van der Waals surface area contributed by atoms with Gasteiger partial charge in [0, 0.05) is 19.3 Å². The smallest absolute Gasteiger partial charge is 0.0480 e. The highest BCUT2D eigenvalue weighted by atomic mass is 15.3. The highest BCUT2D eigenvalue weighted by Crippen LogP contribution is 2.26. The summed E-state index contributed by atoms with van der Waals surface area (Å²) in [6.45, 7) is 2.37. The fraction of sp³-hybridized carbons (Fsp3) is 1.00. The van der Waals surface area contributed by atoms with Crippen LogP contribution in [0.15, 0.2) is 0 Å². The molecule has 1 N–H and O–H groups in total. The van der Waals surface area contributed by atoms with Gasteiger partial charge in [0.15, 0.2) is 0 Å². The lowest BCUT2D eigenvalue weighted by molar-refractivity contribution is 0.303. The van der Waals surface area contributed by atoms with E-state index in [9.17, 15) is 0 Å². The Balaban J connectivity index is 1.81. The number of hydrogen-bond donors (Lipinski definition) is 1. The number of hydrogen-bond acceptors (Lipinski definition) is 2. The van der Waals surface area contributed by atoms with Gasteiger partial charge in [-0.2, -0.15) is 0 Å². The van der Waals surface area contributed by atoms with Crippen LogP contribution in [0.3, 0.4) is 0 Å². The van der Waals surface area contributed by atoms with E-state index >= 15 is 0 Å². The molecule has 0 aromatic carbocycles. The minimum absolute atomic E-state index is 0.790. The molecule has 1 atom stereocenters. The van der Waals surface area contributed by atoms with Crippen LogP contribution in [-0.4, -0.2) is 31.2 Å². The van der Waals surface area contributed by atoms with Gasteiger partial charge < -0.3 is 0 Å². The molecule has 0 spiro atoms. The van der Waals surface area contributed by atoms with Crippen molar-refractivity contribution in [1.82, 2.24) is 10.2 Å². The van der Waals surface area contributed by atoms with Crippen molar-refractivity contribution in [3.63, 3.8) is 0 Å². The Bertz CT molecular complexity index is 162. The fourth-order valence-electron chi connectivity index (χ4n) is 2.94. The van der Waals surface area contributed by atoms with Gasteiger partial charge in [-0.3, -0.25) is 10.2 Å². The van der Waals surface area contributed by atoms with Gasteiger partial charge >= 0.3 is 0 Å². The minimum Gasteiger partial charge on any atom is -0.300 e.